The molecule has 0 aliphatic heterocycles. The van der Waals surface area contributed by atoms with Gasteiger partial charge < -0.3 is 9.84 Å². The fourth-order valence-corrected chi connectivity index (χ4v) is 2.75. The molecule has 0 unspecified atom stereocenters. The van der Waals surface area contributed by atoms with E-state index in [4.69, 9.17) is 4.52 Å². The second kappa shape index (κ2) is 6.62. The molecule has 0 spiro atoms. The number of nitrogens with one attached hydrogen (secondary N) is 1. The zero-order chi connectivity index (χ0) is 15.4. The number of halogens is 1. The Morgan fingerprint density at radius 1 is 1.48 bits per heavy atom. The van der Waals surface area contributed by atoms with Gasteiger partial charge in [0.1, 0.15) is 16.8 Å². The molecule has 0 aliphatic rings. The molecule has 0 bridgehead atoms. The van der Waals surface area contributed by atoms with E-state index < -0.39 is 27.8 Å². The van der Waals surface area contributed by atoms with Crippen molar-refractivity contribution in [2.45, 2.75) is 24.9 Å². The minimum Gasteiger partial charge on any atom is -0.360 e. The molecular weight excluding hydrogens is 295 g/mol. The number of benzene rings is 1. The number of hydrogen-bond donors (Lipinski definition) is 1. The Kier molecular flexibility index (Phi) is 4.85. The second-order valence-electron chi connectivity index (χ2n) is 4.57. The lowest BCUT2D eigenvalue weighted by molar-refractivity contribution is -0.115. The van der Waals surface area contributed by atoms with Crippen LogP contribution in [-0.4, -0.2) is 20.5 Å². The van der Waals surface area contributed by atoms with Crippen LogP contribution in [-0.2, 0) is 21.3 Å². The van der Waals surface area contributed by atoms with Crippen LogP contribution in [0.2, 0.25) is 0 Å². The van der Waals surface area contributed by atoms with E-state index in [9.17, 15) is 13.4 Å². The molecule has 0 saturated carbocycles. The fraction of sp³-hybridized carbons (Fsp3) is 0.286. The van der Waals surface area contributed by atoms with Gasteiger partial charge >= 0.3 is 0 Å². The summed E-state index contributed by atoms with van der Waals surface area (Å²) in [4.78, 5) is 12.0. The molecule has 0 radical (unpaired) electrons. The third-order valence-electron chi connectivity index (χ3n) is 2.90. The van der Waals surface area contributed by atoms with Crippen LogP contribution in [0.25, 0.3) is 0 Å². The number of carbonyl (C=O) groups excluding carboxylic acids is 1. The minimum absolute atomic E-state index is 0.0148. The number of nitrogens with zero attached hydrogens (tertiary/aromatic N) is 1. The van der Waals surface area contributed by atoms with Crippen molar-refractivity contribution in [1.82, 2.24) is 5.16 Å². The Hall–Kier alpha value is -2.02. The summed E-state index contributed by atoms with van der Waals surface area (Å²) in [6.07, 6.45) is 0. The van der Waals surface area contributed by atoms with Crippen LogP contribution in [0.4, 0.5) is 10.2 Å². The standard InChI is InChI=1S/C14H15FN2O3S/c1-9-7-13(17-20-9)16-14(18)10(2)21(19)8-11-5-3-4-6-12(11)15/h3-7,10H,8H2,1-2H3,(H,16,17,18)/t10-,21+/m0/s1. The molecule has 1 heterocycles. The van der Waals surface area contributed by atoms with Crippen molar-refractivity contribution in [3.63, 3.8) is 0 Å². The van der Waals surface area contributed by atoms with Gasteiger partial charge in [0.05, 0.1) is 5.75 Å². The Morgan fingerprint density at radius 2 is 2.19 bits per heavy atom. The predicted octanol–water partition coefficient (Wildman–Crippen LogP) is 2.40. The van der Waals surface area contributed by atoms with Crippen molar-refractivity contribution < 1.29 is 17.9 Å². The molecule has 1 aromatic heterocycles. The Labute approximate surface area is 124 Å². The third-order valence-corrected chi connectivity index (χ3v) is 4.50. The van der Waals surface area contributed by atoms with Gasteiger partial charge in [0.25, 0.3) is 0 Å². The van der Waals surface area contributed by atoms with Gasteiger partial charge in [-0.3, -0.25) is 9.00 Å². The van der Waals surface area contributed by atoms with Gasteiger partial charge in [-0.05, 0) is 19.9 Å². The van der Waals surface area contributed by atoms with Crippen molar-refractivity contribution in [3.05, 3.63) is 47.5 Å². The van der Waals surface area contributed by atoms with Crippen molar-refractivity contribution in [1.29, 1.82) is 0 Å². The summed E-state index contributed by atoms with van der Waals surface area (Å²) in [5.41, 5.74) is 0.327. The molecule has 1 amide bonds. The van der Waals surface area contributed by atoms with E-state index in [1.807, 2.05) is 0 Å². The zero-order valence-electron chi connectivity index (χ0n) is 11.6. The summed E-state index contributed by atoms with van der Waals surface area (Å²) in [5.74, 6) is -0.0553. The first kappa shape index (κ1) is 15.4. The first-order valence-corrected chi connectivity index (χ1v) is 7.70. The van der Waals surface area contributed by atoms with Crippen molar-refractivity contribution in [3.8, 4) is 0 Å². The van der Waals surface area contributed by atoms with Gasteiger partial charge in [0.2, 0.25) is 5.91 Å². The van der Waals surface area contributed by atoms with Crippen LogP contribution < -0.4 is 5.32 Å². The monoisotopic (exact) mass is 310 g/mol. The maximum absolute atomic E-state index is 13.5. The first-order valence-electron chi connectivity index (χ1n) is 6.32. The average molecular weight is 310 g/mol. The maximum atomic E-state index is 13.5. The molecule has 21 heavy (non-hydrogen) atoms. The zero-order valence-corrected chi connectivity index (χ0v) is 12.4. The normalized spacial score (nSPS) is 13.7. The summed E-state index contributed by atoms with van der Waals surface area (Å²) in [7, 11) is -1.53. The molecule has 2 aromatic rings. The SMILES string of the molecule is Cc1cc(NC(=O)[C@H](C)[S@](=O)Cc2ccccc2F)no1. The highest BCUT2D eigenvalue weighted by molar-refractivity contribution is 7.85. The molecule has 1 aromatic carbocycles. The van der Waals surface area contributed by atoms with Crippen LogP contribution in [0.1, 0.15) is 18.2 Å². The lowest BCUT2D eigenvalue weighted by Crippen LogP contribution is -2.30. The topological polar surface area (TPSA) is 72.2 Å². The van der Waals surface area contributed by atoms with Crippen LogP contribution in [0.15, 0.2) is 34.9 Å². The van der Waals surface area contributed by atoms with Gasteiger partial charge in [0, 0.05) is 22.4 Å². The molecule has 1 N–H and O–H groups in total. The van der Waals surface area contributed by atoms with E-state index in [0.717, 1.165) is 0 Å². The highest BCUT2D eigenvalue weighted by Gasteiger charge is 2.22. The molecule has 5 nitrogen and oxygen atoms in total. The maximum Gasteiger partial charge on any atom is 0.241 e. The van der Waals surface area contributed by atoms with Gasteiger partial charge in [-0.15, -0.1) is 0 Å². The lowest BCUT2D eigenvalue weighted by atomic mass is 10.2. The van der Waals surface area contributed by atoms with Gasteiger partial charge in [-0.25, -0.2) is 4.39 Å². The Bertz CT molecular complexity index is 672. The summed E-state index contributed by atoms with van der Waals surface area (Å²) >= 11 is 0. The number of anilines is 1. The number of carbonyl (C=O) groups is 1. The lowest BCUT2D eigenvalue weighted by Gasteiger charge is -2.11. The quantitative estimate of drug-likeness (QED) is 0.920. The van der Waals surface area contributed by atoms with Crippen molar-refractivity contribution in [2.75, 3.05) is 5.32 Å². The number of aromatic nitrogens is 1. The molecule has 112 valence electrons. The first-order chi connectivity index (χ1) is 9.97. The van der Waals surface area contributed by atoms with E-state index in [1.165, 1.54) is 13.0 Å². The largest absolute Gasteiger partial charge is 0.360 e. The molecule has 0 aliphatic carbocycles. The van der Waals surface area contributed by atoms with Crippen molar-refractivity contribution in [2.24, 2.45) is 0 Å². The van der Waals surface area contributed by atoms with Gasteiger partial charge in [0.15, 0.2) is 5.82 Å². The summed E-state index contributed by atoms with van der Waals surface area (Å²) < 4.78 is 30.5. The second-order valence-corrected chi connectivity index (χ2v) is 6.33. The van der Waals surface area contributed by atoms with Gasteiger partial charge in [-0.1, -0.05) is 23.4 Å². The van der Waals surface area contributed by atoms with Crippen molar-refractivity contribution >= 4 is 22.5 Å². The number of aryl methyl sites for hydroxylation is 1. The molecule has 2 atom stereocenters. The Balaban J connectivity index is 1.98. The van der Waals surface area contributed by atoms with Gasteiger partial charge in [-0.2, -0.15) is 0 Å². The van der Waals surface area contributed by atoms with Crippen LogP contribution in [0.3, 0.4) is 0 Å². The highest BCUT2D eigenvalue weighted by atomic mass is 32.2. The summed E-state index contributed by atoms with van der Waals surface area (Å²) in [5, 5.41) is 5.35. The van der Waals surface area contributed by atoms with E-state index in [1.54, 1.807) is 31.2 Å². The van der Waals surface area contributed by atoms with Crippen LogP contribution in [0.5, 0.6) is 0 Å². The molecule has 0 fully saturated rings. The van der Waals surface area contributed by atoms with Crippen LogP contribution in [0, 0.1) is 12.7 Å². The Morgan fingerprint density at radius 3 is 2.81 bits per heavy atom. The van der Waals surface area contributed by atoms with Crippen LogP contribution >= 0.6 is 0 Å². The molecule has 7 heteroatoms. The summed E-state index contributed by atoms with van der Waals surface area (Å²) in [6.45, 7) is 3.22. The highest BCUT2D eigenvalue weighted by Crippen LogP contribution is 2.13. The summed E-state index contributed by atoms with van der Waals surface area (Å²) in [6, 6.07) is 7.64. The number of amides is 1. The van der Waals surface area contributed by atoms with E-state index in [0.29, 0.717) is 11.3 Å². The minimum atomic E-state index is -1.53. The average Bonchev–Trinajstić information content (AvgIpc) is 2.85. The molecular formula is C14H15FN2O3S. The predicted molar refractivity (Wildman–Crippen MR) is 77.6 cm³/mol. The fourth-order valence-electron chi connectivity index (χ4n) is 1.67. The number of hydrogen-bond acceptors (Lipinski definition) is 4. The number of rotatable bonds is 5. The smallest absolute Gasteiger partial charge is 0.241 e. The van der Waals surface area contributed by atoms with E-state index in [-0.39, 0.29) is 11.6 Å². The molecule has 0 saturated heterocycles. The van der Waals surface area contributed by atoms with E-state index in [2.05, 4.69) is 10.5 Å². The third kappa shape index (κ3) is 3.98. The van der Waals surface area contributed by atoms with E-state index >= 15 is 0 Å². The molecule has 2 rings (SSSR count).